The van der Waals surface area contributed by atoms with Crippen LogP contribution in [0.5, 0.6) is 0 Å². The largest absolute Gasteiger partial charge is 0.330 e. The first kappa shape index (κ1) is 14.7. The quantitative estimate of drug-likeness (QED) is 0.839. The second-order valence-corrected chi connectivity index (χ2v) is 5.18. The van der Waals surface area contributed by atoms with Crippen molar-refractivity contribution in [3.8, 4) is 5.69 Å². The van der Waals surface area contributed by atoms with Crippen molar-refractivity contribution >= 4 is 0 Å². The monoisotopic (exact) mass is 273 g/mol. The molecule has 2 heterocycles. The summed E-state index contributed by atoms with van der Waals surface area (Å²) in [6.07, 6.45) is 7.40. The Bertz CT molecular complexity index is 520. The highest BCUT2D eigenvalue weighted by molar-refractivity contribution is 5.27. The van der Waals surface area contributed by atoms with E-state index >= 15 is 0 Å². The first-order valence-electron chi connectivity index (χ1n) is 7.29. The van der Waals surface area contributed by atoms with Gasteiger partial charge < -0.3 is 5.73 Å². The summed E-state index contributed by atoms with van der Waals surface area (Å²) in [6.45, 7) is 5.09. The summed E-state index contributed by atoms with van der Waals surface area (Å²) >= 11 is 0. The van der Waals surface area contributed by atoms with E-state index in [0.717, 1.165) is 43.0 Å². The molecule has 1 unspecified atom stereocenters. The molecule has 2 aromatic heterocycles. The molecule has 0 amide bonds. The van der Waals surface area contributed by atoms with E-state index in [2.05, 4.69) is 28.9 Å². The predicted octanol–water partition coefficient (Wildman–Crippen LogP) is 2.14. The van der Waals surface area contributed by atoms with E-state index in [1.807, 2.05) is 23.0 Å². The standard InChI is InChI=1S/C15H23N5/c1-3-12(2)10-14-18-15(7-4-8-16)20(19-14)13-6-5-9-17-11-13/h5-6,9,11-12H,3-4,7-8,10,16H2,1-2H3. The van der Waals surface area contributed by atoms with Gasteiger partial charge in [0.15, 0.2) is 5.82 Å². The summed E-state index contributed by atoms with van der Waals surface area (Å²) in [7, 11) is 0. The van der Waals surface area contributed by atoms with Gasteiger partial charge in [-0.25, -0.2) is 9.67 Å². The fourth-order valence-electron chi connectivity index (χ4n) is 2.04. The lowest BCUT2D eigenvalue weighted by Crippen LogP contribution is -2.07. The van der Waals surface area contributed by atoms with Gasteiger partial charge in [-0.1, -0.05) is 20.3 Å². The molecule has 0 aliphatic heterocycles. The number of nitrogens with zero attached hydrogens (tertiary/aromatic N) is 4. The van der Waals surface area contributed by atoms with Gasteiger partial charge in [-0.05, 0) is 31.0 Å². The molecule has 2 aromatic rings. The number of aromatic nitrogens is 4. The van der Waals surface area contributed by atoms with Gasteiger partial charge in [0.2, 0.25) is 0 Å². The lowest BCUT2D eigenvalue weighted by molar-refractivity contribution is 0.542. The molecular weight excluding hydrogens is 250 g/mol. The van der Waals surface area contributed by atoms with Gasteiger partial charge in [-0.3, -0.25) is 4.98 Å². The fraction of sp³-hybridized carbons (Fsp3) is 0.533. The third-order valence-corrected chi connectivity index (χ3v) is 3.44. The van der Waals surface area contributed by atoms with Crippen LogP contribution >= 0.6 is 0 Å². The van der Waals surface area contributed by atoms with Gasteiger partial charge in [-0.15, -0.1) is 0 Å². The third kappa shape index (κ3) is 3.63. The number of rotatable bonds is 7. The highest BCUT2D eigenvalue weighted by atomic mass is 15.4. The second kappa shape index (κ2) is 7.14. The number of aryl methyl sites for hydroxylation is 1. The van der Waals surface area contributed by atoms with Crippen molar-refractivity contribution < 1.29 is 0 Å². The van der Waals surface area contributed by atoms with Crippen molar-refractivity contribution in [2.24, 2.45) is 11.7 Å². The highest BCUT2D eigenvalue weighted by Crippen LogP contribution is 2.13. The first-order chi connectivity index (χ1) is 9.74. The summed E-state index contributed by atoms with van der Waals surface area (Å²) in [4.78, 5) is 8.84. The Balaban J connectivity index is 2.28. The maximum absolute atomic E-state index is 5.60. The van der Waals surface area contributed by atoms with Gasteiger partial charge in [0.1, 0.15) is 5.82 Å². The molecule has 0 saturated heterocycles. The Morgan fingerprint density at radius 2 is 2.25 bits per heavy atom. The van der Waals surface area contributed by atoms with Crippen molar-refractivity contribution in [1.29, 1.82) is 0 Å². The average Bonchev–Trinajstić information content (AvgIpc) is 2.88. The smallest absolute Gasteiger partial charge is 0.151 e. The maximum Gasteiger partial charge on any atom is 0.151 e. The summed E-state index contributed by atoms with van der Waals surface area (Å²) in [5, 5.41) is 4.65. The molecular formula is C15H23N5. The number of hydrogen-bond acceptors (Lipinski definition) is 4. The number of hydrogen-bond donors (Lipinski definition) is 1. The van der Waals surface area contributed by atoms with Crippen LogP contribution in [0.25, 0.3) is 5.69 Å². The summed E-state index contributed by atoms with van der Waals surface area (Å²) < 4.78 is 1.90. The van der Waals surface area contributed by atoms with Crippen LogP contribution in [0.3, 0.4) is 0 Å². The van der Waals surface area contributed by atoms with Crippen molar-refractivity contribution in [1.82, 2.24) is 19.7 Å². The topological polar surface area (TPSA) is 69.6 Å². The SMILES string of the molecule is CCC(C)Cc1nc(CCCN)n(-c2cccnc2)n1. The Morgan fingerprint density at radius 1 is 1.40 bits per heavy atom. The molecule has 20 heavy (non-hydrogen) atoms. The van der Waals surface area contributed by atoms with Gasteiger partial charge in [-0.2, -0.15) is 5.10 Å². The Hall–Kier alpha value is -1.75. The van der Waals surface area contributed by atoms with Crippen LogP contribution in [0, 0.1) is 5.92 Å². The normalized spacial score (nSPS) is 12.6. The Kier molecular flexibility index (Phi) is 5.24. The Morgan fingerprint density at radius 3 is 2.90 bits per heavy atom. The van der Waals surface area contributed by atoms with Crippen LogP contribution in [-0.4, -0.2) is 26.3 Å². The molecule has 2 rings (SSSR count). The van der Waals surface area contributed by atoms with E-state index in [1.165, 1.54) is 0 Å². The van der Waals surface area contributed by atoms with E-state index < -0.39 is 0 Å². The molecule has 0 saturated carbocycles. The van der Waals surface area contributed by atoms with Crippen molar-refractivity contribution in [2.75, 3.05) is 6.54 Å². The van der Waals surface area contributed by atoms with Crippen LogP contribution in [0.2, 0.25) is 0 Å². The number of pyridine rings is 1. The lowest BCUT2D eigenvalue weighted by atomic mass is 10.1. The summed E-state index contributed by atoms with van der Waals surface area (Å²) in [5.74, 6) is 2.49. The van der Waals surface area contributed by atoms with Crippen LogP contribution in [0.4, 0.5) is 0 Å². The van der Waals surface area contributed by atoms with Crippen LogP contribution in [0.1, 0.15) is 38.3 Å². The average molecular weight is 273 g/mol. The van der Waals surface area contributed by atoms with E-state index in [1.54, 1.807) is 6.20 Å². The molecule has 5 heteroatoms. The minimum absolute atomic E-state index is 0.599. The van der Waals surface area contributed by atoms with Crippen molar-refractivity contribution in [2.45, 2.75) is 39.5 Å². The zero-order chi connectivity index (χ0) is 14.4. The van der Waals surface area contributed by atoms with Gasteiger partial charge >= 0.3 is 0 Å². The van der Waals surface area contributed by atoms with E-state index in [0.29, 0.717) is 12.5 Å². The Labute approximate surface area is 120 Å². The molecule has 0 aliphatic carbocycles. The molecule has 0 spiro atoms. The predicted molar refractivity (Wildman–Crippen MR) is 79.7 cm³/mol. The molecule has 0 aliphatic rings. The minimum atomic E-state index is 0.599. The van der Waals surface area contributed by atoms with Crippen molar-refractivity contribution in [3.63, 3.8) is 0 Å². The molecule has 0 fully saturated rings. The molecule has 0 radical (unpaired) electrons. The summed E-state index contributed by atoms with van der Waals surface area (Å²) in [6, 6.07) is 3.92. The highest BCUT2D eigenvalue weighted by Gasteiger charge is 2.13. The van der Waals surface area contributed by atoms with Gasteiger partial charge in [0, 0.05) is 19.0 Å². The summed E-state index contributed by atoms with van der Waals surface area (Å²) in [5.41, 5.74) is 6.56. The van der Waals surface area contributed by atoms with Crippen LogP contribution in [-0.2, 0) is 12.8 Å². The molecule has 0 aromatic carbocycles. The molecule has 0 bridgehead atoms. The molecule has 5 nitrogen and oxygen atoms in total. The minimum Gasteiger partial charge on any atom is -0.330 e. The van der Waals surface area contributed by atoms with Crippen LogP contribution in [0.15, 0.2) is 24.5 Å². The maximum atomic E-state index is 5.60. The van der Waals surface area contributed by atoms with Crippen LogP contribution < -0.4 is 5.73 Å². The fourth-order valence-corrected chi connectivity index (χ4v) is 2.04. The molecule has 2 N–H and O–H groups in total. The van der Waals surface area contributed by atoms with Gasteiger partial charge in [0.05, 0.1) is 11.9 Å². The molecule has 108 valence electrons. The van der Waals surface area contributed by atoms with E-state index in [4.69, 9.17) is 5.73 Å². The second-order valence-electron chi connectivity index (χ2n) is 5.18. The zero-order valence-corrected chi connectivity index (χ0v) is 12.3. The van der Waals surface area contributed by atoms with Gasteiger partial charge in [0.25, 0.3) is 0 Å². The zero-order valence-electron chi connectivity index (χ0n) is 12.3. The van der Waals surface area contributed by atoms with Crippen molar-refractivity contribution in [3.05, 3.63) is 36.2 Å². The molecule has 1 atom stereocenters. The van der Waals surface area contributed by atoms with E-state index in [9.17, 15) is 0 Å². The number of nitrogens with two attached hydrogens (primary N) is 1. The lowest BCUT2D eigenvalue weighted by Gasteiger charge is -2.04. The third-order valence-electron chi connectivity index (χ3n) is 3.44. The first-order valence-corrected chi connectivity index (χ1v) is 7.29. The van der Waals surface area contributed by atoms with E-state index in [-0.39, 0.29) is 0 Å².